The summed E-state index contributed by atoms with van der Waals surface area (Å²) in [5.74, 6) is 0.218. The molecule has 0 unspecified atom stereocenters. The molecule has 0 spiro atoms. The second-order valence-electron chi connectivity index (χ2n) is 4.55. The van der Waals surface area contributed by atoms with Crippen LogP contribution in [0, 0.1) is 0 Å². The molecule has 0 fully saturated rings. The van der Waals surface area contributed by atoms with Crippen LogP contribution in [0.2, 0.25) is 5.02 Å². The first-order valence-corrected chi connectivity index (χ1v) is 8.21. The normalized spacial score (nSPS) is 12.9. The predicted molar refractivity (Wildman–Crippen MR) is 83.2 cm³/mol. The molecular weight excluding hydrogens is 310 g/mol. The van der Waals surface area contributed by atoms with Gasteiger partial charge in [0.05, 0.1) is 7.11 Å². The fourth-order valence-corrected chi connectivity index (χ4v) is 3.51. The van der Waals surface area contributed by atoms with Gasteiger partial charge in [0, 0.05) is 17.1 Å². The second-order valence-corrected chi connectivity index (χ2v) is 6.67. The summed E-state index contributed by atoms with van der Waals surface area (Å²) in [6.45, 7) is 1.79. The first kappa shape index (κ1) is 15.8. The van der Waals surface area contributed by atoms with Crippen molar-refractivity contribution in [3.63, 3.8) is 0 Å². The highest BCUT2D eigenvalue weighted by Gasteiger charge is 2.22. The Balaban J connectivity index is 2.31. The zero-order chi connectivity index (χ0) is 15.5. The molecule has 2 rings (SSSR count). The third kappa shape index (κ3) is 3.75. The third-order valence-electron chi connectivity index (χ3n) is 3.05. The minimum absolute atomic E-state index is 0.0668. The first-order chi connectivity index (χ1) is 9.94. The van der Waals surface area contributed by atoms with Gasteiger partial charge in [-0.15, -0.1) is 0 Å². The molecule has 0 saturated carbocycles. The Morgan fingerprint density at radius 1 is 1.14 bits per heavy atom. The summed E-state index contributed by atoms with van der Waals surface area (Å²) in [6.07, 6.45) is 0. The van der Waals surface area contributed by atoms with Gasteiger partial charge in [0.15, 0.2) is 0 Å². The van der Waals surface area contributed by atoms with E-state index in [1.807, 2.05) is 30.3 Å². The Bertz CT molecular complexity index is 717. The third-order valence-corrected chi connectivity index (χ3v) is 4.86. The first-order valence-electron chi connectivity index (χ1n) is 6.35. The van der Waals surface area contributed by atoms with Crippen molar-refractivity contribution >= 4 is 21.6 Å². The van der Waals surface area contributed by atoms with Crippen LogP contribution in [0.25, 0.3) is 0 Å². The Labute approximate surface area is 129 Å². The number of hydrogen-bond donors (Lipinski definition) is 1. The molecule has 0 amide bonds. The van der Waals surface area contributed by atoms with Crippen molar-refractivity contribution < 1.29 is 13.2 Å². The highest BCUT2D eigenvalue weighted by Crippen LogP contribution is 2.28. The molecule has 0 aliphatic carbocycles. The highest BCUT2D eigenvalue weighted by molar-refractivity contribution is 7.89. The van der Waals surface area contributed by atoms with Gasteiger partial charge in [0.2, 0.25) is 10.0 Å². The highest BCUT2D eigenvalue weighted by atomic mass is 35.5. The lowest BCUT2D eigenvalue weighted by molar-refractivity contribution is 0.402. The number of benzene rings is 2. The molecular formula is C15H16ClNO3S. The van der Waals surface area contributed by atoms with Crippen LogP contribution in [0.15, 0.2) is 53.4 Å². The maximum atomic E-state index is 12.5. The van der Waals surface area contributed by atoms with Gasteiger partial charge in [-0.3, -0.25) is 0 Å². The molecule has 0 aliphatic rings. The predicted octanol–water partition coefficient (Wildman–Crippen LogP) is 3.39. The van der Waals surface area contributed by atoms with E-state index in [9.17, 15) is 8.42 Å². The number of ether oxygens (including phenoxy) is 1. The van der Waals surface area contributed by atoms with Gasteiger partial charge in [0.25, 0.3) is 0 Å². The van der Waals surface area contributed by atoms with E-state index in [2.05, 4.69) is 4.72 Å². The Morgan fingerprint density at radius 2 is 1.81 bits per heavy atom. The van der Waals surface area contributed by atoms with Crippen LogP contribution in [-0.4, -0.2) is 15.5 Å². The van der Waals surface area contributed by atoms with Crippen LogP contribution in [0.5, 0.6) is 5.75 Å². The number of sulfonamides is 1. The van der Waals surface area contributed by atoms with E-state index in [1.165, 1.54) is 25.3 Å². The van der Waals surface area contributed by atoms with Crippen molar-refractivity contribution in [3.8, 4) is 5.75 Å². The second kappa shape index (κ2) is 6.47. The Kier molecular flexibility index (Phi) is 4.88. The summed E-state index contributed by atoms with van der Waals surface area (Å²) in [6, 6.07) is 13.4. The topological polar surface area (TPSA) is 55.4 Å². The van der Waals surface area contributed by atoms with Gasteiger partial charge >= 0.3 is 0 Å². The van der Waals surface area contributed by atoms with Crippen molar-refractivity contribution in [2.75, 3.05) is 7.11 Å². The summed E-state index contributed by atoms with van der Waals surface area (Å²) < 4.78 is 32.7. The Morgan fingerprint density at radius 3 is 2.43 bits per heavy atom. The number of rotatable bonds is 5. The summed E-state index contributed by atoms with van der Waals surface area (Å²) in [4.78, 5) is 0.0668. The molecule has 0 radical (unpaired) electrons. The van der Waals surface area contributed by atoms with Crippen LogP contribution < -0.4 is 9.46 Å². The van der Waals surface area contributed by atoms with E-state index >= 15 is 0 Å². The van der Waals surface area contributed by atoms with E-state index < -0.39 is 10.0 Å². The van der Waals surface area contributed by atoms with Gasteiger partial charge in [-0.05, 0) is 24.6 Å². The number of methoxy groups -OCH3 is 1. The lowest BCUT2D eigenvalue weighted by Crippen LogP contribution is -2.27. The summed E-state index contributed by atoms with van der Waals surface area (Å²) >= 11 is 5.85. The number of halogens is 1. The van der Waals surface area contributed by atoms with Crippen molar-refractivity contribution in [3.05, 3.63) is 59.1 Å². The molecule has 0 saturated heterocycles. The van der Waals surface area contributed by atoms with Crippen molar-refractivity contribution in [1.82, 2.24) is 4.72 Å². The molecule has 4 nitrogen and oxygen atoms in total. The zero-order valence-electron chi connectivity index (χ0n) is 11.7. The van der Waals surface area contributed by atoms with E-state index in [4.69, 9.17) is 16.3 Å². The fraction of sp³-hybridized carbons (Fsp3) is 0.200. The maximum Gasteiger partial charge on any atom is 0.244 e. The van der Waals surface area contributed by atoms with E-state index in [0.29, 0.717) is 5.02 Å². The van der Waals surface area contributed by atoms with Gasteiger partial charge in [-0.25, -0.2) is 13.1 Å². The molecule has 21 heavy (non-hydrogen) atoms. The minimum Gasteiger partial charge on any atom is -0.495 e. The lowest BCUT2D eigenvalue weighted by atomic mass is 10.1. The van der Waals surface area contributed by atoms with Crippen LogP contribution in [0.3, 0.4) is 0 Å². The quantitative estimate of drug-likeness (QED) is 0.916. The van der Waals surface area contributed by atoms with Crippen LogP contribution in [0.4, 0.5) is 0 Å². The average molecular weight is 326 g/mol. The molecule has 1 atom stereocenters. The largest absolute Gasteiger partial charge is 0.495 e. The number of nitrogens with one attached hydrogen (secondary N) is 1. The van der Waals surface area contributed by atoms with Gasteiger partial charge < -0.3 is 4.74 Å². The van der Waals surface area contributed by atoms with Crippen molar-refractivity contribution in [2.45, 2.75) is 17.9 Å². The molecule has 2 aromatic rings. The van der Waals surface area contributed by atoms with Gasteiger partial charge in [0.1, 0.15) is 10.6 Å². The molecule has 6 heteroatoms. The standard InChI is InChI=1S/C15H16ClNO3S/c1-11(12-6-4-3-5-7-12)17-21(18,19)15-9-8-13(16)10-14(15)20-2/h3-11,17H,1-2H3/t11-/m1/s1. The molecule has 112 valence electrons. The van der Waals surface area contributed by atoms with Crippen LogP contribution >= 0.6 is 11.6 Å². The molecule has 0 aliphatic heterocycles. The minimum atomic E-state index is -3.70. The SMILES string of the molecule is COc1cc(Cl)ccc1S(=O)(=O)N[C@H](C)c1ccccc1. The lowest BCUT2D eigenvalue weighted by Gasteiger charge is -2.16. The zero-order valence-corrected chi connectivity index (χ0v) is 13.3. The molecule has 1 N–H and O–H groups in total. The number of hydrogen-bond acceptors (Lipinski definition) is 3. The fourth-order valence-electron chi connectivity index (χ4n) is 1.97. The average Bonchev–Trinajstić information content (AvgIpc) is 2.47. The molecule has 2 aromatic carbocycles. The van der Waals surface area contributed by atoms with Crippen LogP contribution in [-0.2, 0) is 10.0 Å². The Hall–Kier alpha value is -1.56. The smallest absolute Gasteiger partial charge is 0.244 e. The van der Waals surface area contributed by atoms with Crippen molar-refractivity contribution in [1.29, 1.82) is 0 Å². The summed E-state index contributed by atoms with van der Waals surface area (Å²) in [5.41, 5.74) is 0.883. The van der Waals surface area contributed by atoms with E-state index in [0.717, 1.165) is 5.56 Å². The summed E-state index contributed by atoms with van der Waals surface area (Å²) in [7, 11) is -2.29. The maximum absolute atomic E-state index is 12.5. The van der Waals surface area contributed by atoms with E-state index in [-0.39, 0.29) is 16.7 Å². The van der Waals surface area contributed by atoms with E-state index in [1.54, 1.807) is 6.92 Å². The van der Waals surface area contributed by atoms with Gasteiger partial charge in [-0.1, -0.05) is 41.9 Å². The molecule has 0 bridgehead atoms. The van der Waals surface area contributed by atoms with Gasteiger partial charge in [-0.2, -0.15) is 0 Å². The molecule has 0 heterocycles. The van der Waals surface area contributed by atoms with Crippen LogP contribution in [0.1, 0.15) is 18.5 Å². The van der Waals surface area contributed by atoms with Crippen molar-refractivity contribution in [2.24, 2.45) is 0 Å². The molecule has 0 aromatic heterocycles. The monoisotopic (exact) mass is 325 g/mol. The summed E-state index contributed by atoms with van der Waals surface area (Å²) in [5, 5.41) is 0.418.